The fourth-order valence-corrected chi connectivity index (χ4v) is 21.2. The highest BCUT2D eigenvalue weighted by Crippen LogP contribution is 2.76. The quantitative estimate of drug-likeness (QED) is 0.0663. The van der Waals surface area contributed by atoms with Gasteiger partial charge in [0.05, 0.1) is 0 Å². The van der Waals surface area contributed by atoms with Crippen molar-refractivity contribution >= 4 is 45.4 Å². The van der Waals surface area contributed by atoms with Crippen LogP contribution >= 0.6 is 24.2 Å². The van der Waals surface area contributed by atoms with Crippen molar-refractivity contribution in [1.82, 2.24) is 9.11 Å². The molecule has 330 valence electrons. The molecular formula is C61H61N2P3. The lowest BCUT2D eigenvalue weighted by Gasteiger charge is -2.44. The standard InChI is InChI=1S/C61H61N2P3/c1-9-27-49(28-10-1)57-43-44-58(50-29-11-2-12-30-50)61(57)62(64(53-35-17-5-18-36-53)54-37-19-6-20-38-54)47-25-26-48-63(65(55-39-21-7-22-40-55)56-41-23-8-24-42-56)66-59(51-31-13-3-14-32-51)45-46-60(66)52-33-15-4-16-34-52/h1-24,27-42,57-61H,25-26,43-48H2/t57-,58-,59-,60-/m0/s1. The molecule has 10 rings (SSSR count). The molecule has 0 radical (unpaired) electrons. The minimum Gasteiger partial charge on any atom is -0.271 e. The number of hydrogen-bond acceptors (Lipinski definition) is 2. The number of hydrogen-bond donors (Lipinski definition) is 0. The van der Waals surface area contributed by atoms with Crippen molar-refractivity contribution in [1.29, 1.82) is 0 Å². The van der Waals surface area contributed by atoms with Gasteiger partial charge in [-0.1, -0.05) is 243 Å². The van der Waals surface area contributed by atoms with E-state index in [9.17, 15) is 0 Å². The maximum absolute atomic E-state index is 3.11. The molecule has 1 aliphatic carbocycles. The molecule has 0 amide bonds. The van der Waals surface area contributed by atoms with Gasteiger partial charge in [-0.15, -0.1) is 0 Å². The van der Waals surface area contributed by atoms with Crippen LogP contribution in [0.2, 0.25) is 0 Å². The molecule has 0 bridgehead atoms. The van der Waals surface area contributed by atoms with Crippen molar-refractivity contribution in [2.75, 3.05) is 13.1 Å². The Bertz CT molecular complexity index is 2280. The summed E-state index contributed by atoms with van der Waals surface area (Å²) in [7, 11) is -2.26. The second-order valence-corrected chi connectivity index (χ2v) is 25.0. The predicted molar refractivity (Wildman–Crippen MR) is 287 cm³/mol. The van der Waals surface area contributed by atoms with Crippen LogP contribution < -0.4 is 21.2 Å². The molecule has 0 unspecified atom stereocenters. The Hall–Kier alpha value is -5.03. The van der Waals surface area contributed by atoms with E-state index in [0.29, 0.717) is 29.2 Å². The normalized spacial score (nSPS) is 19.0. The van der Waals surface area contributed by atoms with Crippen molar-refractivity contribution in [3.05, 3.63) is 265 Å². The van der Waals surface area contributed by atoms with Gasteiger partial charge in [0.15, 0.2) is 0 Å². The highest BCUT2D eigenvalue weighted by molar-refractivity contribution is 7.79. The monoisotopic (exact) mass is 914 g/mol. The maximum Gasteiger partial charge on any atom is 0.0318 e. The van der Waals surface area contributed by atoms with Crippen LogP contribution in [0.25, 0.3) is 0 Å². The Morgan fingerprint density at radius 3 is 1.00 bits per heavy atom. The van der Waals surface area contributed by atoms with E-state index in [-0.39, 0.29) is 0 Å². The minimum absolute atomic E-state index is 0.354. The number of nitrogens with zero attached hydrogens (tertiary/aromatic N) is 2. The van der Waals surface area contributed by atoms with Crippen LogP contribution in [0.3, 0.4) is 0 Å². The Balaban J connectivity index is 1.06. The molecule has 0 aromatic heterocycles. The molecule has 66 heavy (non-hydrogen) atoms. The molecule has 1 saturated carbocycles. The van der Waals surface area contributed by atoms with Crippen LogP contribution in [-0.4, -0.2) is 28.2 Å². The SMILES string of the molecule is c1ccc([C@@H]2CC[C@@H](c3ccccc3)C2N(CCCCN(P(c2ccccc2)c2ccccc2)P2[C@H](c3ccccc3)CC[C@H]2c2ccccc2)P(c2ccccc2)c2ccccc2)cc1. The van der Waals surface area contributed by atoms with Gasteiger partial charge >= 0.3 is 0 Å². The molecule has 5 heteroatoms. The van der Waals surface area contributed by atoms with Crippen LogP contribution in [0.5, 0.6) is 0 Å². The lowest BCUT2D eigenvalue weighted by Crippen LogP contribution is -2.42. The summed E-state index contributed by atoms with van der Waals surface area (Å²) in [6.45, 7) is 2.10. The van der Waals surface area contributed by atoms with Crippen molar-refractivity contribution < 1.29 is 0 Å². The van der Waals surface area contributed by atoms with Crippen LogP contribution in [0, 0.1) is 0 Å². The highest BCUT2D eigenvalue weighted by Gasteiger charge is 2.46. The van der Waals surface area contributed by atoms with Gasteiger partial charge in [0, 0.05) is 58.4 Å². The van der Waals surface area contributed by atoms with Crippen LogP contribution in [0.1, 0.15) is 83.9 Å². The first-order valence-corrected chi connectivity index (χ1v) is 28.2. The van der Waals surface area contributed by atoms with Gasteiger partial charge in [-0.2, -0.15) is 0 Å². The van der Waals surface area contributed by atoms with Crippen molar-refractivity contribution in [2.24, 2.45) is 0 Å². The summed E-state index contributed by atoms with van der Waals surface area (Å²) < 4.78 is 6.15. The maximum atomic E-state index is 3.11. The Labute approximate surface area is 398 Å². The summed E-state index contributed by atoms with van der Waals surface area (Å²) in [4.78, 5) is 0. The van der Waals surface area contributed by atoms with E-state index in [1.807, 2.05) is 0 Å². The van der Waals surface area contributed by atoms with Gasteiger partial charge in [-0.05, 0) is 90.1 Å². The molecule has 8 aromatic carbocycles. The average Bonchev–Trinajstić information content (AvgIpc) is 4.05. The first kappa shape index (κ1) is 44.8. The number of benzene rings is 8. The third kappa shape index (κ3) is 10.1. The fourth-order valence-electron chi connectivity index (χ4n) is 11.0. The lowest BCUT2D eigenvalue weighted by atomic mass is 9.87. The van der Waals surface area contributed by atoms with Crippen LogP contribution in [0.15, 0.2) is 243 Å². The summed E-state index contributed by atoms with van der Waals surface area (Å²) in [5, 5.41) is 5.78. The largest absolute Gasteiger partial charge is 0.271 e. The van der Waals surface area contributed by atoms with E-state index in [1.165, 1.54) is 69.2 Å². The van der Waals surface area contributed by atoms with E-state index in [2.05, 4.69) is 252 Å². The molecule has 2 nitrogen and oxygen atoms in total. The fraction of sp³-hybridized carbons (Fsp3) is 0.213. The molecule has 2 fully saturated rings. The summed E-state index contributed by atoms with van der Waals surface area (Å²) in [6.07, 6.45) is 7.06. The lowest BCUT2D eigenvalue weighted by molar-refractivity contribution is 0.293. The van der Waals surface area contributed by atoms with Gasteiger partial charge in [0.1, 0.15) is 0 Å². The molecular weight excluding hydrogens is 854 g/mol. The van der Waals surface area contributed by atoms with E-state index in [4.69, 9.17) is 0 Å². The average molecular weight is 915 g/mol. The molecule has 1 saturated heterocycles. The molecule has 4 atom stereocenters. The topological polar surface area (TPSA) is 6.48 Å². The molecule has 1 aliphatic heterocycles. The minimum atomic E-state index is -0.832. The van der Waals surface area contributed by atoms with Crippen LogP contribution in [-0.2, 0) is 0 Å². The van der Waals surface area contributed by atoms with E-state index in [1.54, 1.807) is 0 Å². The van der Waals surface area contributed by atoms with Crippen LogP contribution in [0.4, 0.5) is 0 Å². The van der Waals surface area contributed by atoms with Crippen molar-refractivity contribution in [3.8, 4) is 0 Å². The first-order valence-electron chi connectivity index (χ1n) is 24.1. The summed E-state index contributed by atoms with van der Waals surface area (Å²) in [5.41, 5.74) is 6.97. The molecule has 2 aliphatic rings. The van der Waals surface area contributed by atoms with E-state index < -0.39 is 24.2 Å². The van der Waals surface area contributed by atoms with Gasteiger partial charge in [0.2, 0.25) is 0 Å². The zero-order chi connectivity index (χ0) is 44.3. The summed E-state index contributed by atoms with van der Waals surface area (Å²) in [5.74, 6) is 0.879. The Morgan fingerprint density at radius 2 is 0.636 bits per heavy atom. The van der Waals surface area contributed by atoms with Gasteiger partial charge < -0.3 is 0 Å². The summed E-state index contributed by atoms with van der Waals surface area (Å²) in [6, 6.07) is 92.5. The first-order chi connectivity index (χ1) is 32.8. The second-order valence-electron chi connectivity index (χ2n) is 17.8. The Kier molecular flexibility index (Phi) is 15.1. The van der Waals surface area contributed by atoms with Gasteiger partial charge in [0.25, 0.3) is 0 Å². The van der Waals surface area contributed by atoms with E-state index >= 15 is 0 Å². The molecule has 1 heterocycles. The number of rotatable bonds is 17. The van der Waals surface area contributed by atoms with Crippen molar-refractivity contribution in [3.63, 3.8) is 0 Å². The molecule has 0 spiro atoms. The third-order valence-electron chi connectivity index (χ3n) is 13.9. The van der Waals surface area contributed by atoms with Crippen molar-refractivity contribution in [2.45, 2.75) is 67.7 Å². The van der Waals surface area contributed by atoms with E-state index in [0.717, 1.165) is 25.9 Å². The van der Waals surface area contributed by atoms with Gasteiger partial charge in [-0.3, -0.25) is 9.11 Å². The third-order valence-corrected chi connectivity index (χ3v) is 23.0. The zero-order valence-electron chi connectivity index (χ0n) is 37.9. The number of unbranched alkanes of at least 4 members (excludes halogenated alkanes) is 1. The predicted octanol–water partition coefficient (Wildman–Crippen LogP) is 14.9. The van der Waals surface area contributed by atoms with Gasteiger partial charge in [-0.25, -0.2) is 0 Å². The molecule has 0 N–H and O–H groups in total. The zero-order valence-corrected chi connectivity index (χ0v) is 40.6. The molecule has 8 aromatic rings. The highest BCUT2D eigenvalue weighted by atomic mass is 31.2. The second kappa shape index (κ2) is 22.2. The summed E-state index contributed by atoms with van der Waals surface area (Å²) >= 11 is 0. The smallest absolute Gasteiger partial charge is 0.0318 e. The Morgan fingerprint density at radius 1 is 0.333 bits per heavy atom.